The first kappa shape index (κ1) is 17.1. The summed E-state index contributed by atoms with van der Waals surface area (Å²) in [7, 11) is 0. The Hall–Kier alpha value is -2.76. The minimum Gasteiger partial charge on any atom is -0.345 e. The van der Waals surface area contributed by atoms with E-state index in [1.807, 2.05) is 23.1 Å². The van der Waals surface area contributed by atoms with Crippen molar-refractivity contribution in [2.75, 3.05) is 13.1 Å². The van der Waals surface area contributed by atoms with Crippen LogP contribution in [-0.4, -0.2) is 39.8 Å². The zero-order valence-corrected chi connectivity index (χ0v) is 14.3. The van der Waals surface area contributed by atoms with Crippen molar-refractivity contribution in [1.29, 1.82) is 0 Å². The molecular weight excluding hydrogens is 316 g/mol. The molecule has 2 amide bonds. The molecule has 1 atom stereocenters. The fourth-order valence-electron chi connectivity index (χ4n) is 2.98. The third-order valence-electron chi connectivity index (χ3n) is 4.30. The molecule has 1 aliphatic heterocycles. The minimum atomic E-state index is -0.313. The number of rotatable bonds is 4. The quantitative estimate of drug-likeness (QED) is 0.928. The fraction of sp³-hybridized carbons (Fsp3) is 0.368. The van der Waals surface area contributed by atoms with Gasteiger partial charge in [0.2, 0.25) is 0 Å². The molecule has 1 unspecified atom stereocenters. The number of aromatic nitrogens is 2. The number of pyridine rings is 2. The smallest absolute Gasteiger partial charge is 0.272 e. The van der Waals surface area contributed by atoms with E-state index in [1.165, 1.54) is 0 Å². The van der Waals surface area contributed by atoms with Gasteiger partial charge in [0, 0.05) is 19.3 Å². The first-order chi connectivity index (χ1) is 12.1. The number of carbonyl (C=O) groups excluding carboxylic acids is 2. The van der Waals surface area contributed by atoms with Crippen LogP contribution in [0.4, 0.5) is 0 Å². The summed E-state index contributed by atoms with van der Waals surface area (Å²) in [5.74, 6) is 0.0841. The highest BCUT2D eigenvalue weighted by atomic mass is 16.2. The SMILES string of the molecule is CC1CCCN(C(=O)c2cccc(C(=O)NCc3ccccn3)n2)C1. The number of carbonyl (C=O) groups is 2. The highest BCUT2D eigenvalue weighted by Gasteiger charge is 2.23. The second kappa shape index (κ2) is 7.88. The minimum absolute atomic E-state index is 0.106. The molecule has 0 aliphatic carbocycles. The maximum absolute atomic E-state index is 12.6. The Bertz CT molecular complexity index is 748. The Labute approximate surface area is 147 Å². The average Bonchev–Trinajstić information content (AvgIpc) is 2.66. The van der Waals surface area contributed by atoms with Gasteiger partial charge < -0.3 is 10.2 Å². The molecule has 0 saturated carbocycles. The lowest BCUT2D eigenvalue weighted by Gasteiger charge is -2.30. The number of piperidine rings is 1. The van der Waals surface area contributed by atoms with E-state index in [0.717, 1.165) is 31.6 Å². The van der Waals surface area contributed by atoms with E-state index in [4.69, 9.17) is 0 Å². The number of hydrogen-bond donors (Lipinski definition) is 1. The molecule has 1 fully saturated rings. The van der Waals surface area contributed by atoms with Crippen molar-refractivity contribution >= 4 is 11.8 Å². The summed E-state index contributed by atoms with van der Waals surface area (Å²) >= 11 is 0. The Kier molecular flexibility index (Phi) is 5.38. The molecule has 130 valence electrons. The molecule has 1 aliphatic rings. The van der Waals surface area contributed by atoms with E-state index < -0.39 is 0 Å². The van der Waals surface area contributed by atoms with E-state index in [-0.39, 0.29) is 17.5 Å². The van der Waals surface area contributed by atoms with Gasteiger partial charge in [0.05, 0.1) is 12.2 Å². The molecule has 3 rings (SSSR count). The summed E-state index contributed by atoms with van der Waals surface area (Å²) in [5, 5.41) is 2.78. The second-order valence-electron chi connectivity index (χ2n) is 6.41. The molecule has 25 heavy (non-hydrogen) atoms. The first-order valence-corrected chi connectivity index (χ1v) is 8.58. The van der Waals surface area contributed by atoms with Crippen molar-refractivity contribution in [2.45, 2.75) is 26.3 Å². The number of likely N-dealkylation sites (tertiary alicyclic amines) is 1. The number of nitrogens with zero attached hydrogens (tertiary/aromatic N) is 3. The maximum Gasteiger partial charge on any atom is 0.272 e. The summed E-state index contributed by atoms with van der Waals surface area (Å²) < 4.78 is 0. The number of amides is 2. The van der Waals surface area contributed by atoms with Crippen LogP contribution in [0.2, 0.25) is 0 Å². The number of hydrogen-bond acceptors (Lipinski definition) is 4. The summed E-state index contributed by atoms with van der Waals surface area (Å²) in [6.45, 7) is 3.97. The first-order valence-electron chi connectivity index (χ1n) is 8.58. The molecule has 0 bridgehead atoms. The van der Waals surface area contributed by atoms with Gasteiger partial charge >= 0.3 is 0 Å². The maximum atomic E-state index is 12.6. The Morgan fingerprint density at radius 2 is 2.04 bits per heavy atom. The van der Waals surface area contributed by atoms with Crippen molar-refractivity contribution in [3.8, 4) is 0 Å². The van der Waals surface area contributed by atoms with Gasteiger partial charge in [-0.05, 0) is 43.0 Å². The van der Waals surface area contributed by atoms with Gasteiger partial charge in [-0.1, -0.05) is 19.1 Å². The lowest BCUT2D eigenvalue weighted by molar-refractivity contribution is 0.0677. The molecule has 0 radical (unpaired) electrons. The van der Waals surface area contributed by atoms with Crippen LogP contribution in [-0.2, 0) is 6.54 Å². The predicted octanol–water partition coefficient (Wildman–Crippen LogP) is 2.28. The van der Waals surface area contributed by atoms with Crippen LogP contribution < -0.4 is 5.32 Å². The molecule has 6 heteroatoms. The molecule has 3 heterocycles. The van der Waals surface area contributed by atoms with Gasteiger partial charge in [0.25, 0.3) is 11.8 Å². The summed E-state index contributed by atoms with van der Waals surface area (Å²) in [6.07, 6.45) is 3.84. The van der Waals surface area contributed by atoms with Crippen LogP contribution in [0, 0.1) is 5.92 Å². The Balaban J connectivity index is 1.66. The van der Waals surface area contributed by atoms with E-state index in [1.54, 1.807) is 24.4 Å². The van der Waals surface area contributed by atoms with Crippen LogP contribution in [0.5, 0.6) is 0 Å². The predicted molar refractivity (Wildman–Crippen MR) is 93.9 cm³/mol. The highest BCUT2D eigenvalue weighted by Crippen LogP contribution is 2.17. The van der Waals surface area contributed by atoms with Crippen molar-refractivity contribution in [2.24, 2.45) is 5.92 Å². The molecule has 1 saturated heterocycles. The van der Waals surface area contributed by atoms with Gasteiger partial charge in [-0.15, -0.1) is 0 Å². The van der Waals surface area contributed by atoms with Gasteiger partial charge in [-0.2, -0.15) is 0 Å². The summed E-state index contributed by atoms with van der Waals surface area (Å²) in [5.41, 5.74) is 1.33. The Morgan fingerprint density at radius 3 is 2.80 bits per heavy atom. The molecule has 1 N–H and O–H groups in total. The largest absolute Gasteiger partial charge is 0.345 e. The lowest BCUT2D eigenvalue weighted by atomic mass is 10.00. The molecule has 0 aromatic carbocycles. The van der Waals surface area contributed by atoms with Crippen molar-refractivity contribution in [3.63, 3.8) is 0 Å². The monoisotopic (exact) mass is 338 g/mol. The highest BCUT2D eigenvalue weighted by molar-refractivity contribution is 5.96. The zero-order chi connectivity index (χ0) is 17.6. The standard InChI is InChI=1S/C19H22N4O2/c1-14-6-5-11-23(13-14)19(25)17-9-4-8-16(22-17)18(24)21-12-15-7-2-3-10-20-15/h2-4,7-10,14H,5-6,11-13H2,1H3,(H,21,24). The van der Waals surface area contributed by atoms with Crippen LogP contribution >= 0.6 is 0 Å². The average molecular weight is 338 g/mol. The van der Waals surface area contributed by atoms with Gasteiger partial charge in [0.1, 0.15) is 11.4 Å². The van der Waals surface area contributed by atoms with Crippen molar-refractivity contribution < 1.29 is 9.59 Å². The molecule has 2 aromatic rings. The van der Waals surface area contributed by atoms with E-state index in [0.29, 0.717) is 18.2 Å². The molecule has 6 nitrogen and oxygen atoms in total. The van der Waals surface area contributed by atoms with E-state index in [2.05, 4.69) is 22.2 Å². The third kappa shape index (κ3) is 4.41. The zero-order valence-electron chi connectivity index (χ0n) is 14.3. The third-order valence-corrected chi connectivity index (χ3v) is 4.30. The van der Waals surface area contributed by atoms with Crippen LogP contribution in [0.25, 0.3) is 0 Å². The lowest BCUT2D eigenvalue weighted by Crippen LogP contribution is -2.39. The number of nitrogens with one attached hydrogen (secondary N) is 1. The fourth-order valence-corrected chi connectivity index (χ4v) is 2.98. The van der Waals surface area contributed by atoms with Gasteiger partial charge in [-0.3, -0.25) is 14.6 Å². The molecule has 2 aromatic heterocycles. The summed E-state index contributed by atoms with van der Waals surface area (Å²) in [6, 6.07) is 10.5. The van der Waals surface area contributed by atoms with Crippen LogP contribution in [0.3, 0.4) is 0 Å². The topological polar surface area (TPSA) is 75.2 Å². The summed E-state index contributed by atoms with van der Waals surface area (Å²) in [4.78, 5) is 35.2. The van der Waals surface area contributed by atoms with E-state index >= 15 is 0 Å². The van der Waals surface area contributed by atoms with Gasteiger partial charge in [0.15, 0.2) is 0 Å². The second-order valence-corrected chi connectivity index (χ2v) is 6.41. The van der Waals surface area contributed by atoms with Crippen molar-refractivity contribution in [3.05, 3.63) is 59.7 Å². The van der Waals surface area contributed by atoms with Crippen LogP contribution in [0.15, 0.2) is 42.6 Å². The van der Waals surface area contributed by atoms with Crippen molar-refractivity contribution in [1.82, 2.24) is 20.2 Å². The molecular formula is C19H22N4O2. The normalized spacial score (nSPS) is 17.2. The van der Waals surface area contributed by atoms with E-state index in [9.17, 15) is 9.59 Å². The van der Waals surface area contributed by atoms with Crippen LogP contribution in [0.1, 0.15) is 46.4 Å². The van der Waals surface area contributed by atoms with Gasteiger partial charge in [-0.25, -0.2) is 4.98 Å². The Morgan fingerprint density at radius 1 is 1.20 bits per heavy atom. The molecule has 0 spiro atoms.